The number of hydrogen-bond acceptors (Lipinski definition) is 8. The topological polar surface area (TPSA) is 139 Å². The van der Waals surface area contributed by atoms with E-state index in [1.165, 1.54) is 6.92 Å². The number of anilines is 1. The van der Waals surface area contributed by atoms with E-state index < -0.39 is 5.91 Å². The van der Waals surface area contributed by atoms with Crippen molar-refractivity contribution in [3.05, 3.63) is 51.8 Å². The van der Waals surface area contributed by atoms with Crippen LogP contribution in [-0.2, 0) is 6.42 Å². The molecule has 10 nitrogen and oxygen atoms in total. The molecule has 1 amide bonds. The number of aromatic hydroxyl groups is 1. The van der Waals surface area contributed by atoms with Gasteiger partial charge in [-0.1, -0.05) is 24.9 Å². The van der Waals surface area contributed by atoms with E-state index in [9.17, 15) is 14.7 Å². The molecule has 0 saturated heterocycles. The molecule has 0 aliphatic heterocycles. The third-order valence-corrected chi connectivity index (χ3v) is 5.29. The minimum atomic E-state index is -0.513. The molecule has 3 aromatic rings. The maximum absolute atomic E-state index is 12.2. The standard InChI is InChI=1S/C23H26ClN5O5.Na/c1-4-6-16-19(8-7-15(14(3)30)21(16)31)33-9-5-10-34-20-12-18(13(2)11-17(20)24)25-23(32)22-26-28-29-27-22;/h7-8,11-12,31H,4-6,9-10H2,1-3H3,(H,25,32)(H,26,27,28,29);/q;+1. The first-order valence-electron chi connectivity index (χ1n) is 10.8. The van der Waals surface area contributed by atoms with Gasteiger partial charge in [-0.25, -0.2) is 0 Å². The number of aromatic amines is 1. The van der Waals surface area contributed by atoms with Gasteiger partial charge in [0.1, 0.15) is 17.2 Å². The van der Waals surface area contributed by atoms with Gasteiger partial charge in [-0.3, -0.25) is 9.59 Å². The van der Waals surface area contributed by atoms with Gasteiger partial charge < -0.3 is 19.9 Å². The zero-order valence-corrected chi connectivity index (χ0v) is 22.9. The molecule has 1 heterocycles. The Hall–Kier alpha value is -2.66. The Kier molecular flexibility index (Phi) is 11.0. The van der Waals surface area contributed by atoms with E-state index >= 15 is 0 Å². The number of carbonyl (C=O) groups excluding carboxylic acids is 2. The maximum Gasteiger partial charge on any atom is 1.00 e. The Morgan fingerprint density at radius 1 is 1.17 bits per heavy atom. The molecule has 0 aliphatic carbocycles. The summed E-state index contributed by atoms with van der Waals surface area (Å²) in [5.41, 5.74) is 2.17. The van der Waals surface area contributed by atoms with Crippen molar-refractivity contribution >= 4 is 29.0 Å². The van der Waals surface area contributed by atoms with E-state index in [0.29, 0.717) is 53.8 Å². The molecule has 0 fully saturated rings. The number of phenols is 1. The van der Waals surface area contributed by atoms with Gasteiger partial charge in [0.05, 0.1) is 23.8 Å². The summed E-state index contributed by atoms with van der Waals surface area (Å²) in [6, 6.07) is 6.60. The van der Waals surface area contributed by atoms with Gasteiger partial charge in [0.25, 0.3) is 11.7 Å². The molecule has 0 unspecified atom stereocenters. The summed E-state index contributed by atoms with van der Waals surface area (Å²) < 4.78 is 11.6. The van der Waals surface area contributed by atoms with Crippen LogP contribution in [0.1, 0.15) is 58.8 Å². The van der Waals surface area contributed by atoms with Crippen LogP contribution in [0.25, 0.3) is 0 Å². The number of nitrogens with one attached hydrogen (secondary N) is 2. The smallest absolute Gasteiger partial charge is 0.507 e. The van der Waals surface area contributed by atoms with Crippen LogP contribution < -0.4 is 44.3 Å². The normalized spacial score (nSPS) is 10.4. The number of rotatable bonds is 11. The van der Waals surface area contributed by atoms with Crippen LogP contribution in [0.15, 0.2) is 24.3 Å². The van der Waals surface area contributed by atoms with Crippen LogP contribution >= 0.6 is 11.6 Å². The van der Waals surface area contributed by atoms with E-state index in [-0.39, 0.29) is 52.5 Å². The number of ketones is 1. The first-order valence-corrected chi connectivity index (χ1v) is 11.2. The van der Waals surface area contributed by atoms with Crippen LogP contribution in [0.2, 0.25) is 5.02 Å². The van der Waals surface area contributed by atoms with Crippen molar-refractivity contribution in [2.24, 2.45) is 0 Å². The second-order valence-electron chi connectivity index (χ2n) is 7.58. The molecule has 0 aliphatic rings. The van der Waals surface area contributed by atoms with Gasteiger partial charge in [0, 0.05) is 23.7 Å². The number of nitrogens with zero attached hydrogens (tertiary/aromatic N) is 3. The summed E-state index contributed by atoms with van der Waals surface area (Å²) in [5.74, 6) is 0.136. The van der Waals surface area contributed by atoms with Gasteiger partial charge in [0.2, 0.25) is 0 Å². The minimum absolute atomic E-state index is 0. The number of aromatic nitrogens is 4. The molecule has 180 valence electrons. The summed E-state index contributed by atoms with van der Waals surface area (Å²) in [6.07, 6.45) is 1.93. The first-order chi connectivity index (χ1) is 16.3. The molecule has 0 saturated carbocycles. The van der Waals surface area contributed by atoms with E-state index in [1.54, 1.807) is 31.2 Å². The average Bonchev–Trinajstić information content (AvgIpc) is 3.33. The fourth-order valence-corrected chi connectivity index (χ4v) is 3.56. The van der Waals surface area contributed by atoms with Crippen LogP contribution in [0.3, 0.4) is 0 Å². The number of halogens is 1. The van der Waals surface area contributed by atoms with Gasteiger partial charge >= 0.3 is 29.6 Å². The number of benzene rings is 2. The van der Waals surface area contributed by atoms with Crippen molar-refractivity contribution in [2.45, 2.75) is 40.0 Å². The molecule has 0 atom stereocenters. The molecule has 0 radical (unpaired) electrons. The summed E-state index contributed by atoms with van der Waals surface area (Å²) in [6.45, 7) is 5.85. The Morgan fingerprint density at radius 3 is 2.51 bits per heavy atom. The van der Waals surface area contributed by atoms with Crippen molar-refractivity contribution in [1.29, 1.82) is 0 Å². The third-order valence-electron chi connectivity index (χ3n) is 5.00. The van der Waals surface area contributed by atoms with Crippen LogP contribution in [0, 0.1) is 6.92 Å². The minimum Gasteiger partial charge on any atom is -0.507 e. The molecular formula is C23H26ClN5NaO5+. The van der Waals surface area contributed by atoms with Crippen molar-refractivity contribution in [1.82, 2.24) is 20.6 Å². The predicted octanol–water partition coefficient (Wildman–Crippen LogP) is 1.13. The number of H-pyrrole nitrogens is 1. The summed E-state index contributed by atoms with van der Waals surface area (Å²) in [4.78, 5) is 23.9. The van der Waals surface area contributed by atoms with Crippen molar-refractivity contribution in [2.75, 3.05) is 18.5 Å². The Bertz CT molecular complexity index is 1170. The SMILES string of the molecule is CCCc1c(OCCCOc2cc(NC(=O)c3nn[nH]n3)c(C)cc2Cl)ccc(C(C)=O)c1O.[Na+]. The summed E-state index contributed by atoms with van der Waals surface area (Å²) in [7, 11) is 0. The number of aryl methyl sites for hydroxylation is 1. The predicted molar refractivity (Wildman–Crippen MR) is 126 cm³/mol. The van der Waals surface area contributed by atoms with E-state index in [4.69, 9.17) is 21.1 Å². The average molecular weight is 511 g/mol. The monoisotopic (exact) mass is 510 g/mol. The number of amides is 1. The Labute approximate surface area is 230 Å². The number of ether oxygens (including phenoxy) is 2. The van der Waals surface area contributed by atoms with E-state index in [0.717, 1.165) is 12.0 Å². The Morgan fingerprint density at radius 2 is 1.89 bits per heavy atom. The van der Waals surface area contributed by atoms with Crippen molar-refractivity contribution in [3.8, 4) is 17.2 Å². The fourth-order valence-electron chi connectivity index (χ4n) is 3.29. The summed E-state index contributed by atoms with van der Waals surface area (Å²) in [5, 5.41) is 26.4. The molecular weight excluding hydrogens is 485 g/mol. The molecule has 0 spiro atoms. The first kappa shape index (κ1) is 28.6. The quantitative estimate of drug-likeness (QED) is 0.198. The fraction of sp³-hybridized carbons (Fsp3) is 0.348. The third kappa shape index (κ3) is 7.41. The zero-order chi connectivity index (χ0) is 24.7. The zero-order valence-electron chi connectivity index (χ0n) is 20.1. The summed E-state index contributed by atoms with van der Waals surface area (Å²) >= 11 is 6.30. The molecule has 2 aromatic carbocycles. The molecule has 1 aromatic heterocycles. The number of carbonyl (C=O) groups is 2. The van der Waals surface area contributed by atoms with Gasteiger partial charge in [-0.05, 0) is 49.2 Å². The van der Waals surface area contributed by atoms with E-state index in [2.05, 4.69) is 25.9 Å². The molecule has 12 heteroatoms. The second-order valence-corrected chi connectivity index (χ2v) is 7.99. The molecule has 3 N–H and O–H groups in total. The molecule has 0 bridgehead atoms. The van der Waals surface area contributed by atoms with Gasteiger partial charge in [-0.2, -0.15) is 5.21 Å². The Balaban J connectivity index is 0.00000432. The van der Waals surface area contributed by atoms with Gasteiger partial charge in [0.15, 0.2) is 5.78 Å². The maximum atomic E-state index is 12.2. The number of Topliss-reactive ketones (excluding diaryl/α,β-unsaturated/α-hetero) is 1. The van der Waals surface area contributed by atoms with Crippen LogP contribution in [-0.4, -0.2) is 50.6 Å². The molecule has 35 heavy (non-hydrogen) atoms. The number of hydrogen-bond donors (Lipinski definition) is 3. The van der Waals surface area contributed by atoms with Crippen LogP contribution in [0.4, 0.5) is 5.69 Å². The largest absolute Gasteiger partial charge is 1.00 e. The van der Waals surface area contributed by atoms with Crippen molar-refractivity contribution in [3.63, 3.8) is 0 Å². The van der Waals surface area contributed by atoms with Crippen molar-refractivity contribution < 1.29 is 53.7 Å². The van der Waals surface area contributed by atoms with Gasteiger partial charge in [-0.15, -0.1) is 10.2 Å². The second kappa shape index (κ2) is 13.4. The van der Waals surface area contributed by atoms with Crippen LogP contribution in [0.5, 0.6) is 17.2 Å². The number of tetrazole rings is 1. The molecule has 3 rings (SSSR count). The van der Waals surface area contributed by atoms with E-state index in [1.807, 2.05) is 6.92 Å². The number of phenolic OH excluding ortho intramolecular Hbond substituents is 1.